The van der Waals surface area contributed by atoms with Gasteiger partial charge in [-0.25, -0.2) is 4.79 Å². The van der Waals surface area contributed by atoms with E-state index in [0.29, 0.717) is 13.0 Å². The number of ether oxygens (including phenoxy) is 2. The third-order valence-corrected chi connectivity index (χ3v) is 3.27. The van der Waals surface area contributed by atoms with Gasteiger partial charge in [0.2, 0.25) is 5.91 Å². The van der Waals surface area contributed by atoms with Crippen molar-refractivity contribution in [3.05, 3.63) is 0 Å². The zero-order chi connectivity index (χ0) is 15.1. The van der Waals surface area contributed by atoms with Gasteiger partial charge >= 0.3 is 11.9 Å². The number of carboxylic acid groups (broad SMARTS) is 1. The Morgan fingerprint density at radius 1 is 1.45 bits per heavy atom. The number of carboxylic acids is 1. The van der Waals surface area contributed by atoms with E-state index in [1.54, 1.807) is 13.8 Å². The van der Waals surface area contributed by atoms with Gasteiger partial charge in [0.25, 0.3) is 0 Å². The van der Waals surface area contributed by atoms with Crippen molar-refractivity contribution in [3.8, 4) is 0 Å². The second-order valence-corrected chi connectivity index (χ2v) is 4.71. The second-order valence-electron chi connectivity index (χ2n) is 4.71. The molecule has 0 spiro atoms. The van der Waals surface area contributed by atoms with Gasteiger partial charge in [-0.1, -0.05) is 0 Å². The van der Waals surface area contributed by atoms with E-state index >= 15 is 0 Å². The summed E-state index contributed by atoms with van der Waals surface area (Å²) in [6.45, 7) is 4.21. The summed E-state index contributed by atoms with van der Waals surface area (Å²) in [7, 11) is 0. The van der Waals surface area contributed by atoms with Gasteiger partial charge in [0.05, 0.1) is 18.6 Å². The Morgan fingerprint density at radius 3 is 2.65 bits per heavy atom. The summed E-state index contributed by atoms with van der Waals surface area (Å²) in [5.74, 6) is -2.30. The average Bonchev–Trinajstić information content (AvgIpc) is 2.80. The van der Waals surface area contributed by atoms with Gasteiger partial charge < -0.3 is 19.9 Å². The maximum absolute atomic E-state index is 12.0. The zero-order valence-electron chi connectivity index (χ0n) is 11.8. The summed E-state index contributed by atoms with van der Waals surface area (Å²) >= 11 is 0. The van der Waals surface area contributed by atoms with E-state index in [9.17, 15) is 14.4 Å². The summed E-state index contributed by atoms with van der Waals surface area (Å²) in [5, 5.41) is 11.5. The normalized spacial score (nSPS) is 23.1. The molecule has 2 N–H and O–H groups in total. The highest BCUT2D eigenvalue weighted by molar-refractivity contribution is 5.85. The van der Waals surface area contributed by atoms with Crippen molar-refractivity contribution in [2.24, 2.45) is 5.92 Å². The van der Waals surface area contributed by atoms with Crippen LogP contribution in [0, 0.1) is 5.92 Å². The maximum Gasteiger partial charge on any atom is 0.326 e. The topological polar surface area (TPSA) is 102 Å². The summed E-state index contributed by atoms with van der Waals surface area (Å²) < 4.78 is 10.0. The lowest BCUT2D eigenvalue weighted by Gasteiger charge is -2.18. The minimum absolute atomic E-state index is 0.0157. The Hall–Kier alpha value is -1.63. The number of hydrogen-bond donors (Lipinski definition) is 2. The summed E-state index contributed by atoms with van der Waals surface area (Å²) in [5.41, 5.74) is 0. The van der Waals surface area contributed by atoms with Gasteiger partial charge in [0.1, 0.15) is 6.04 Å². The molecule has 20 heavy (non-hydrogen) atoms. The number of aliphatic carboxylic acids is 1. The van der Waals surface area contributed by atoms with Crippen LogP contribution in [-0.4, -0.2) is 48.3 Å². The number of carbonyl (C=O) groups is 3. The minimum atomic E-state index is -1.16. The van der Waals surface area contributed by atoms with Gasteiger partial charge in [-0.2, -0.15) is 0 Å². The van der Waals surface area contributed by atoms with E-state index in [1.165, 1.54) is 0 Å². The first-order valence-electron chi connectivity index (χ1n) is 6.76. The van der Waals surface area contributed by atoms with Crippen LogP contribution < -0.4 is 5.32 Å². The van der Waals surface area contributed by atoms with Crippen LogP contribution in [0.1, 0.15) is 33.1 Å². The van der Waals surface area contributed by atoms with Crippen molar-refractivity contribution in [3.63, 3.8) is 0 Å². The molecule has 1 heterocycles. The molecule has 2 unspecified atom stereocenters. The van der Waals surface area contributed by atoms with E-state index < -0.39 is 18.0 Å². The highest BCUT2D eigenvalue weighted by Crippen LogP contribution is 2.20. The van der Waals surface area contributed by atoms with E-state index in [-0.39, 0.29) is 37.4 Å². The predicted octanol–water partition coefficient (Wildman–Crippen LogP) is 0.324. The molecule has 0 aromatic heterocycles. The summed E-state index contributed by atoms with van der Waals surface area (Å²) in [6.07, 6.45) is 0.343. The van der Waals surface area contributed by atoms with E-state index in [1.807, 2.05) is 0 Å². The Balaban J connectivity index is 2.48. The molecular formula is C13H21NO6. The molecule has 1 saturated heterocycles. The molecule has 1 amide bonds. The SMILES string of the molecule is CCOC(=O)CC[C@H](NC(=O)C1CCOC1C)C(=O)O. The smallest absolute Gasteiger partial charge is 0.326 e. The van der Waals surface area contributed by atoms with E-state index in [2.05, 4.69) is 5.32 Å². The largest absolute Gasteiger partial charge is 0.480 e. The van der Waals surface area contributed by atoms with Crippen LogP contribution in [0.4, 0.5) is 0 Å². The van der Waals surface area contributed by atoms with Crippen LogP contribution in [0.5, 0.6) is 0 Å². The fourth-order valence-electron chi connectivity index (χ4n) is 2.11. The first kappa shape index (κ1) is 16.4. The van der Waals surface area contributed by atoms with E-state index in [0.717, 1.165) is 0 Å². The van der Waals surface area contributed by atoms with Crippen molar-refractivity contribution in [1.29, 1.82) is 0 Å². The number of nitrogens with one attached hydrogen (secondary N) is 1. The highest BCUT2D eigenvalue weighted by atomic mass is 16.5. The summed E-state index contributed by atoms with van der Waals surface area (Å²) in [4.78, 5) is 34.3. The lowest BCUT2D eigenvalue weighted by molar-refractivity contribution is -0.145. The number of esters is 1. The monoisotopic (exact) mass is 287 g/mol. The van der Waals surface area contributed by atoms with Gasteiger partial charge in [-0.05, 0) is 26.7 Å². The quantitative estimate of drug-likeness (QED) is 0.654. The van der Waals surface area contributed by atoms with Crippen molar-refractivity contribution >= 4 is 17.8 Å². The van der Waals surface area contributed by atoms with Crippen molar-refractivity contribution < 1.29 is 29.0 Å². The molecule has 7 heteroatoms. The molecule has 0 bridgehead atoms. The molecule has 7 nitrogen and oxygen atoms in total. The minimum Gasteiger partial charge on any atom is -0.480 e. The van der Waals surface area contributed by atoms with Gasteiger partial charge in [0.15, 0.2) is 0 Å². The number of carbonyl (C=O) groups excluding carboxylic acids is 2. The third-order valence-electron chi connectivity index (χ3n) is 3.27. The van der Waals surface area contributed by atoms with Gasteiger partial charge in [0, 0.05) is 13.0 Å². The van der Waals surface area contributed by atoms with Gasteiger partial charge in [-0.3, -0.25) is 9.59 Å². The Bertz CT molecular complexity index is 370. The maximum atomic E-state index is 12.0. The van der Waals surface area contributed by atoms with Crippen molar-refractivity contribution in [2.75, 3.05) is 13.2 Å². The number of amides is 1. The third kappa shape index (κ3) is 4.80. The lowest BCUT2D eigenvalue weighted by Crippen LogP contribution is -2.45. The molecule has 3 atom stereocenters. The summed E-state index contributed by atoms with van der Waals surface area (Å²) in [6, 6.07) is -1.08. The number of rotatable bonds is 7. The Kier molecular flexibility index (Phi) is 6.44. The van der Waals surface area contributed by atoms with Crippen LogP contribution in [0.25, 0.3) is 0 Å². The second kappa shape index (κ2) is 7.84. The Morgan fingerprint density at radius 2 is 2.15 bits per heavy atom. The fourth-order valence-corrected chi connectivity index (χ4v) is 2.11. The standard InChI is InChI=1S/C13H21NO6/c1-3-19-11(15)5-4-10(13(17)18)14-12(16)9-6-7-20-8(9)2/h8-10H,3-7H2,1-2H3,(H,14,16)(H,17,18)/t8?,9?,10-/m0/s1. The number of hydrogen-bond acceptors (Lipinski definition) is 5. The van der Waals surface area contributed by atoms with Crippen LogP contribution in [-0.2, 0) is 23.9 Å². The molecule has 1 rings (SSSR count). The molecule has 1 fully saturated rings. The molecule has 1 aliphatic heterocycles. The highest BCUT2D eigenvalue weighted by Gasteiger charge is 2.33. The molecule has 0 saturated carbocycles. The fraction of sp³-hybridized carbons (Fsp3) is 0.769. The first-order valence-corrected chi connectivity index (χ1v) is 6.76. The molecule has 1 aliphatic rings. The zero-order valence-corrected chi connectivity index (χ0v) is 11.8. The molecule has 0 aromatic rings. The predicted molar refractivity (Wildman–Crippen MR) is 69.0 cm³/mol. The van der Waals surface area contributed by atoms with Crippen LogP contribution in [0.3, 0.4) is 0 Å². The Labute approximate surface area is 117 Å². The molecule has 0 radical (unpaired) electrons. The lowest BCUT2D eigenvalue weighted by atomic mass is 10.0. The van der Waals surface area contributed by atoms with Crippen molar-refractivity contribution in [2.45, 2.75) is 45.3 Å². The van der Waals surface area contributed by atoms with Crippen molar-refractivity contribution in [1.82, 2.24) is 5.32 Å². The average molecular weight is 287 g/mol. The van der Waals surface area contributed by atoms with Crippen LogP contribution in [0.15, 0.2) is 0 Å². The molecule has 0 aromatic carbocycles. The van der Waals surface area contributed by atoms with Crippen LogP contribution >= 0.6 is 0 Å². The molecular weight excluding hydrogens is 266 g/mol. The van der Waals surface area contributed by atoms with Crippen LogP contribution in [0.2, 0.25) is 0 Å². The first-order chi connectivity index (χ1) is 9.45. The van der Waals surface area contributed by atoms with Gasteiger partial charge in [-0.15, -0.1) is 0 Å². The van der Waals surface area contributed by atoms with E-state index in [4.69, 9.17) is 14.6 Å². The molecule has 114 valence electrons. The molecule has 0 aliphatic carbocycles.